The molecule has 1 aliphatic carbocycles. The minimum atomic E-state index is -1.77. The van der Waals surface area contributed by atoms with E-state index in [0.717, 1.165) is 19.3 Å². The average Bonchev–Trinajstić information content (AvgIpc) is 2.29. The summed E-state index contributed by atoms with van der Waals surface area (Å²) in [6.45, 7) is 6.83. The second-order valence-electron chi connectivity index (χ2n) is 5.38. The van der Waals surface area contributed by atoms with Crippen LogP contribution in [-0.4, -0.2) is 17.6 Å². The van der Waals surface area contributed by atoms with Crippen LogP contribution in [0.2, 0.25) is 0 Å². The molecule has 1 aliphatic rings. The number of nitrogens with one attached hydrogen (secondary N) is 1. The third-order valence-electron chi connectivity index (χ3n) is 3.10. The van der Waals surface area contributed by atoms with Crippen LogP contribution in [0.1, 0.15) is 47.0 Å². The summed E-state index contributed by atoms with van der Waals surface area (Å²) in [5.41, 5.74) is -1.65. The van der Waals surface area contributed by atoms with Crippen LogP contribution in [0.15, 0.2) is 0 Å². The summed E-state index contributed by atoms with van der Waals surface area (Å²) in [5.74, 6) is -0.488. The minimum Gasteiger partial charge on any atom is -0.350 e. The number of hydrogen-bond donors (Lipinski definition) is 1. The predicted octanol–water partition coefficient (Wildman–Crippen LogP) is 2.43. The number of carbonyl (C=O) groups is 1. The first-order valence-electron chi connectivity index (χ1n) is 5.23. The molecule has 0 heterocycles. The van der Waals surface area contributed by atoms with Crippen LogP contribution in [0.4, 0.5) is 4.39 Å². The zero-order valence-electron chi connectivity index (χ0n) is 9.48. The van der Waals surface area contributed by atoms with Crippen LogP contribution in [0, 0.1) is 5.41 Å². The van der Waals surface area contributed by atoms with Crippen molar-refractivity contribution >= 4 is 5.91 Å². The molecule has 1 fully saturated rings. The monoisotopic (exact) mass is 201 g/mol. The zero-order valence-corrected chi connectivity index (χ0v) is 9.48. The van der Waals surface area contributed by atoms with Crippen molar-refractivity contribution in [3.05, 3.63) is 0 Å². The van der Waals surface area contributed by atoms with Crippen LogP contribution in [0.5, 0.6) is 0 Å². The molecule has 0 bridgehead atoms. The number of alkyl halides is 1. The third-order valence-corrected chi connectivity index (χ3v) is 3.10. The maximum Gasteiger partial charge on any atom is 0.257 e. The highest BCUT2D eigenvalue weighted by Gasteiger charge is 2.38. The highest BCUT2D eigenvalue weighted by molar-refractivity contribution is 5.84. The predicted molar refractivity (Wildman–Crippen MR) is 54.7 cm³/mol. The van der Waals surface area contributed by atoms with Gasteiger partial charge in [-0.1, -0.05) is 20.3 Å². The fourth-order valence-corrected chi connectivity index (χ4v) is 1.92. The summed E-state index contributed by atoms with van der Waals surface area (Å²) >= 11 is 0. The third kappa shape index (κ3) is 2.46. The fourth-order valence-electron chi connectivity index (χ4n) is 1.92. The van der Waals surface area contributed by atoms with E-state index < -0.39 is 11.6 Å². The Hall–Kier alpha value is -0.600. The molecule has 1 saturated carbocycles. The first-order chi connectivity index (χ1) is 6.23. The van der Waals surface area contributed by atoms with Crippen molar-refractivity contribution < 1.29 is 9.18 Å². The lowest BCUT2D eigenvalue weighted by atomic mass is 9.87. The molecular formula is C11H20FNO. The molecule has 3 heteroatoms. The lowest BCUT2D eigenvalue weighted by molar-refractivity contribution is -0.132. The van der Waals surface area contributed by atoms with Crippen molar-refractivity contribution in [3.63, 3.8) is 0 Å². The molecule has 14 heavy (non-hydrogen) atoms. The van der Waals surface area contributed by atoms with Crippen molar-refractivity contribution in [3.8, 4) is 0 Å². The van der Waals surface area contributed by atoms with Gasteiger partial charge in [0.05, 0.1) is 0 Å². The summed E-state index contributed by atoms with van der Waals surface area (Å²) < 4.78 is 13.3. The van der Waals surface area contributed by atoms with E-state index in [1.54, 1.807) is 0 Å². The normalized spacial score (nSPS) is 26.2. The zero-order chi connectivity index (χ0) is 11.0. The van der Waals surface area contributed by atoms with E-state index in [0.29, 0.717) is 0 Å². The summed E-state index contributed by atoms with van der Waals surface area (Å²) in [6.07, 6.45) is 3.18. The smallest absolute Gasteiger partial charge is 0.257 e. The molecule has 0 saturated heterocycles. The fraction of sp³-hybridized carbons (Fsp3) is 0.909. The quantitative estimate of drug-likeness (QED) is 0.730. The van der Waals surface area contributed by atoms with E-state index in [2.05, 4.69) is 19.2 Å². The molecule has 1 rings (SSSR count). The standard InChI is InChI=1S/C11H20FNO/c1-10(2)7-5-6-8(10)13-9(14)11(3,4)12/h8H,5-7H2,1-4H3,(H,13,14). The molecule has 0 aromatic rings. The van der Waals surface area contributed by atoms with Gasteiger partial charge in [-0.25, -0.2) is 4.39 Å². The molecule has 0 aromatic carbocycles. The molecule has 0 aliphatic heterocycles. The molecule has 82 valence electrons. The Morgan fingerprint density at radius 3 is 2.43 bits per heavy atom. The van der Waals surface area contributed by atoms with E-state index in [4.69, 9.17) is 0 Å². The second-order valence-corrected chi connectivity index (χ2v) is 5.38. The van der Waals surface area contributed by atoms with Crippen LogP contribution >= 0.6 is 0 Å². The van der Waals surface area contributed by atoms with Gasteiger partial charge in [0, 0.05) is 6.04 Å². The van der Waals surface area contributed by atoms with E-state index in [1.807, 2.05) is 0 Å². The first-order valence-corrected chi connectivity index (χ1v) is 5.23. The number of amides is 1. The molecule has 0 radical (unpaired) electrons. The molecule has 2 nitrogen and oxygen atoms in total. The van der Waals surface area contributed by atoms with Gasteiger partial charge in [-0.05, 0) is 32.1 Å². The Labute approximate surface area is 85.3 Å². The van der Waals surface area contributed by atoms with Crippen molar-refractivity contribution in [2.75, 3.05) is 0 Å². The largest absolute Gasteiger partial charge is 0.350 e. The van der Waals surface area contributed by atoms with Gasteiger partial charge in [-0.2, -0.15) is 0 Å². The van der Waals surface area contributed by atoms with Gasteiger partial charge in [0.15, 0.2) is 5.67 Å². The highest BCUT2D eigenvalue weighted by atomic mass is 19.1. The van der Waals surface area contributed by atoms with Crippen LogP contribution in [0.3, 0.4) is 0 Å². The van der Waals surface area contributed by atoms with Gasteiger partial charge < -0.3 is 5.32 Å². The maximum absolute atomic E-state index is 13.3. The summed E-state index contributed by atoms with van der Waals surface area (Å²) in [6, 6.07) is 0.130. The summed E-state index contributed by atoms with van der Waals surface area (Å²) in [5, 5.41) is 2.80. The molecule has 0 aromatic heterocycles. The molecule has 1 amide bonds. The van der Waals surface area contributed by atoms with Gasteiger partial charge in [0.1, 0.15) is 0 Å². The minimum absolute atomic E-state index is 0.112. The lowest BCUT2D eigenvalue weighted by Gasteiger charge is -2.29. The number of hydrogen-bond acceptors (Lipinski definition) is 1. The maximum atomic E-state index is 13.3. The van der Waals surface area contributed by atoms with Gasteiger partial charge in [0.2, 0.25) is 0 Å². The summed E-state index contributed by atoms with van der Waals surface area (Å²) in [4.78, 5) is 11.4. The molecule has 0 spiro atoms. The average molecular weight is 201 g/mol. The van der Waals surface area contributed by atoms with E-state index in [-0.39, 0.29) is 11.5 Å². The van der Waals surface area contributed by atoms with E-state index in [1.165, 1.54) is 13.8 Å². The molecule has 1 atom stereocenters. The Morgan fingerprint density at radius 2 is 2.07 bits per heavy atom. The Bertz CT molecular complexity index is 230. The van der Waals surface area contributed by atoms with Crippen molar-refractivity contribution in [1.82, 2.24) is 5.32 Å². The molecule has 1 unspecified atom stereocenters. The van der Waals surface area contributed by atoms with Crippen molar-refractivity contribution in [1.29, 1.82) is 0 Å². The van der Waals surface area contributed by atoms with Gasteiger partial charge >= 0.3 is 0 Å². The van der Waals surface area contributed by atoms with Crippen LogP contribution in [-0.2, 0) is 4.79 Å². The highest BCUT2D eigenvalue weighted by Crippen LogP contribution is 2.37. The van der Waals surface area contributed by atoms with E-state index >= 15 is 0 Å². The second kappa shape index (κ2) is 3.52. The topological polar surface area (TPSA) is 29.1 Å². The van der Waals surface area contributed by atoms with Gasteiger partial charge in [0.25, 0.3) is 5.91 Å². The number of rotatable bonds is 2. The van der Waals surface area contributed by atoms with Crippen LogP contribution < -0.4 is 5.32 Å². The molecule has 1 N–H and O–H groups in total. The van der Waals surface area contributed by atoms with Crippen molar-refractivity contribution in [2.24, 2.45) is 5.41 Å². The van der Waals surface area contributed by atoms with Gasteiger partial charge in [-0.3, -0.25) is 4.79 Å². The Balaban J connectivity index is 2.57. The Morgan fingerprint density at radius 1 is 1.50 bits per heavy atom. The summed E-state index contributed by atoms with van der Waals surface area (Å²) in [7, 11) is 0. The van der Waals surface area contributed by atoms with Crippen molar-refractivity contribution in [2.45, 2.75) is 58.7 Å². The number of carbonyl (C=O) groups excluding carboxylic acids is 1. The van der Waals surface area contributed by atoms with Gasteiger partial charge in [-0.15, -0.1) is 0 Å². The lowest BCUT2D eigenvalue weighted by Crippen LogP contribution is -2.48. The number of halogens is 1. The Kier molecular flexibility index (Phi) is 2.88. The SMILES string of the molecule is CC(C)(F)C(=O)NC1CCCC1(C)C. The first kappa shape index (κ1) is 11.5. The molecular weight excluding hydrogens is 181 g/mol. The van der Waals surface area contributed by atoms with E-state index in [9.17, 15) is 9.18 Å². The van der Waals surface area contributed by atoms with Crippen LogP contribution in [0.25, 0.3) is 0 Å².